The molecule has 0 aromatic carbocycles. The van der Waals surface area contributed by atoms with E-state index >= 15 is 0 Å². The van der Waals surface area contributed by atoms with Gasteiger partial charge in [0, 0.05) is 30.2 Å². The molecule has 0 saturated carbocycles. The summed E-state index contributed by atoms with van der Waals surface area (Å²) in [4.78, 5) is 8.59. The highest BCUT2D eigenvalue weighted by Crippen LogP contribution is 2.13. The minimum absolute atomic E-state index is 0.390. The molecule has 0 spiro atoms. The lowest BCUT2D eigenvalue weighted by molar-refractivity contribution is 0.836. The van der Waals surface area contributed by atoms with E-state index in [0.717, 1.165) is 29.8 Å². The van der Waals surface area contributed by atoms with Crippen molar-refractivity contribution >= 4 is 0 Å². The number of aryl methyl sites for hydroxylation is 1. The zero-order valence-electron chi connectivity index (χ0n) is 10.8. The quantitative estimate of drug-likeness (QED) is 0.852. The summed E-state index contributed by atoms with van der Waals surface area (Å²) in [7, 11) is 0. The van der Waals surface area contributed by atoms with Gasteiger partial charge in [0.15, 0.2) is 0 Å². The molecule has 0 saturated heterocycles. The first kappa shape index (κ1) is 13.1. The predicted molar refractivity (Wildman–Crippen MR) is 75.9 cm³/mol. The molecule has 2 heterocycles. The van der Waals surface area contributed by atoms with Gasteiger partial charge in [0.05, 0.1) is 5.82 Å². The zero-order chi connectivity index (χ0) is 13.5. The molecule has 0 unspecified atom stereocenters. The van der Waals surface area contributed by atoms with Gasteiger partial charge in [0.2, 0.25) is 0 Å². The summed E-state index contributed by atoms with van der Waals surface area (Å²) in [6.07, 6.45) is 5.90. The maximum atomic E-state index is 5.76. The minimum Gasteiger partial charge on any atom is -0.386 e. The molecule has 19 heavy (non-hydrogen) atoms. The molecule has 2 rings (SSSR count). The van der Waals surface area contributed by atoms with Crippen molar-refractivity contribution in [3.05, 3.63) is 71.6 Å². The van der Waals surface area contributed by atoms with Crippen molar-refractivity contribution in [1.29, 1.82) is 0 Å². The van der Waals surface area contributed by atoms with Crippen LogP contribution in [-0.4, -0.2) is 9.97 Å². The number of hydrogen-bond donors (Lipinski definition) is 2. The van der Waals surface area contributed by atoms with Crippen molar-refractivity contribution in [1.82, 2.24) is 9.97 Å². The third-order valence-corrected chi connectivity index (χ3v) is 2.94. The van der Waals surface area contributed by atoms with Gasteiger partial charge < -0.3 is 11.5 Å². The summed E-state index contributed by atoms with van der Waals surface area (Å²) >= 11 is 0. The number of nitrogens with zero attached hydrogens (tertiary/aromatic N) is 2. The van der Waals surface area contributed by atoms with Gasteiger partial charge in [-0.05, 0) is 42.7 Å². The maximum absolute atomic E-state index is 5.76. The summed E-state index contributed by atoms with van der Waals surface area (Å²) in [6, 6.07) is 11.7. The van der Waals surface area contributed by atoms with Crippen molar-refractivity contribution in [3.63, 3.8) is 0 Å². The van der Waals surface area contributed by atoms with Gasteiger partial charge in [0.1, 0.15) is 0 Å². The van der Waals surface area contributed by atoms with Gasteiger partial charge in [-0.15, -0.1) is 0 Å². The van der Waals surface area contributed by atoms with Crippen LogP contribution in [0.1, 0.15) is 17.8 Å². The Bertz CT molecular complexity index is 531. The summed E-state index contributed by atoms with van der Waals surface area (Å²) in [5.74, 6) is 0.390. The van der Waals surface area contributed by atoms with Crippen LogP contribution in [0.4, 0.5) is 0 Å². The second-order valence-corrected chi connectivity index (χ2v) is 4.38. The third-order valence-electron chi connectivity index (χ3n) is 2.94. The summed E-state index contributed by atoms with van der Waals surface area (Å²) in [6.45, 7) is 0. The monoisotopic (exact) mass is 254 g/mol. The molecule has 0 amide bonds. The Kier molecular flexibility index (Phi) is 4.50. The summed E-state index contributed by atoms with van der Waals surface area (Å²) < 4.78 is 0. The van der Waals surface area contributed by atoms with Crippen LogP contribution in [0.5, 0.6) is 0 Å². The fourth-order valence-electron chi connectivity index (χ4n) is 1.88. The van der Waals surface area contributed by atoms with E-state index in [1.165, 1.54) is 0 Å². The van der Waals surface area contributed by atoms with Crippen LogP contribution in [0.25, 0.3) is 0 Å². The van der Waals surface area contributed by atoms with Gasteiger partial charge in [-0.2, -0.15) is 0 Å². The summed E-state index contributed by atoms with van der Waals surface area (Å²) in [5.41, 5.74) is 14.6. The molecule has 2 aromatic heterocycles. The molecule has 4 N–H and O–H groups in total. The summed E-state index contributed by atoms with van der Waals surface area (Å²) in [5, 5.41) is 0. The molecule has 0 aliphatic heterocycles. The highest BCUT2D eigenvalue weighted by molar-refractivity contribution is 5.19. The van der Waals surface area contributed by atoms with Crippen molar-refractivity contribution in [2.75, 3.05) is 0 Å². The Hall–Kier alpha value is -2.36. The number of rotatable bonds is 5. The predicted octanol–water partition coefficient (Wildman–Crippen LogP) is 1.78. The highest BCUT2D eigenvalue weighted by atomic mass is 14.8. The second-order valence-electron chi connectivity index (χ2n) is 4.38. The maximum Gasteiger partial charge on any atom is 0.0929 e. The number of allylic oxidation sites excluding steroid dienone is 1. The molecule has 0 aliphatic carbocycles. The van der Waals surface area contributed by atoms with Gasteiger partial charge in [-0.1, -0.05) is 12.1 Å². The molecule has 0 atom stereocenters. The van der Waals surface area contributed by atoms with E-state index < -0.39 is 0 Å². The van der Waals surface area contributed by atoms with Crippen LogP contribution in [0, 0.1) is 0 Å². The van der Waals surface area contributed by atoms with Crippen LogP contribution in [0.15, 0.2) is 60.2 Å². The van der Waals surface area contributed by atoms with Crippen LogP contribution in [-0.2, 0) is 12.8 Å². The van der Waals surface area contributed by atoms with E-state index in [9.17, 15) is 0 Å². The van der Waals surface area contributed by atoms with E-state index in [2.05, 4.69) is 9.97 Å². The van der Waals surface area contributed by atoms with Crippen molar-refractivity contribution in [3.8, 4) is 0 Å². The number of aromatic nitrogens is 2. The molecule has 0 fully saturated rings. The van der Waals surface area contributed by atoms with Crippen LogP contribution < -0.4 is 11.5 Å². The van der Waals surface area contributed by atoms with Gasteiger partial charge in [0.25, 0.3) is 0 Å². The first-order valence-corrected chi connectivity index (χ1v) is 6.28. The Morgan fingerprint density at radius 3 is 2.05 bits per heavy atom. The average molecular weight is 254 g/mol. The lowest BCUT2D eigenvalue weighted by Gasteiger charge is -2.09. The van der Waals surface area contributed by atoms with E-state index in [4.69, 9.17) is 11.5 Å². The number of hydrogen-bond acceptors (Lipinski definition) is 4. The standard InChI is InChI=1S/C15H18N4/c16-15(17)12(11-14-6-2-4-10-19-14)7-8-13-5-1-3-9-18-13/h1-6,9-10H,7-8,11,16-17H2. The average Bonchev–Trinajstić information content (AvgIpc) is 2.45. The molecular weight excluding hydrogens is 236 g/mol. The molecule has 4 nitrogen and oxygen atoms in total. The second kappa shape index (κ2) is 6.54. The Labute approximate surface area is 113 Å². The topological polar surface area (TPSA) is 77.8 Å². The number of pyridine rings is 2. The molecular formula is C15H18N4. The fourth-order valence-corrected chi connectivity index (χ4v) is 1.88. The van der Waals surface area contributed by atoms with Crippen molar-refractivity contribution in [2.45, 2.75) is 19.3 Å². The molecule has 0 radical (unpaired) electrons. The molecule has 98 valence electrons. The molecule has 0 aliphatic rings. The van der Waals surface area contributed by atoms with E-state index in [1.807, 2.05) is 36.4 Å². The Morgan fingerprint density at radius 1 is 0.895 bits per heavy atom. The van der Waals surface area contributed by atoms with Gasteiger partial charge in [-0.25, -0.2) is 0 Å². The normalized spacial score (nSPS) is 10.1. The van der Waals surface area contributed by atoms with Crippen LogP contribution in [0.3, 0.4) is 0 Å². The Balaban J connectivity index is 2.00. The fraction of sp³-hybridized carbons (Fsp3) is 0.200. The van der Waals surface area contributed by atoms with Gasteiger partial charge in [-0.3, -0.25) is 9.97 Å². The largest absolute Gasteiger partial charge is 0.386 e. The minimum atomic E-state index is 0.390. The van der Waals surface area contributed by atoms with E-state index in [1.54, 1.807) is 12.4 Å². The lowest BCUT2D eigenvalue weighted by Crippen LogP contribution is -2.14. The molecule has 0 bridgehead atoms. The Morgan fingerprint density at radius 2 is 1.53 bits per heavy atom. The van der Waals surface area contributed by atoms with E-state index in [-0.39, 0.29) is 0 Å². The third kappa shape index (κ3) is 4.10. The molecule has 2 aromatic rings. The first-order valence-electron chi connectivity index (χ1n) is 6.28. The van der Waals surface area contributed by atoms with Crippen LogP contribution in [0.2, 0.25) is 0 Å². The van der Waals surface area contributed by atoms with Crippen molar-refractivity contribution in [2.24, 2.45) is 11.5 Å². The highest BCUT2D eigenvalue weighted by Gasteiger charge is 2.05. The van der Waals surface area contributed by atoms with Crippen LogP contribution >= 0.6 is 0 Å². The lowest BCUT2D eigenvalue weighted by atomic mass is 10.0. The zero-order valence-corrected chi connectivity index (χ0v) is 10.8. The van der Waals surface area contributed by atoms with Gasteiger partial charge >= 0.3 is 0 Å². The molecule has 4 heteroatoms. The smallest absolute Gasteiger partial charge is 0.0929 e. The number of nitrogens with two attached hydrogens (primary N) is 2. The van der Waals surface area contributed by atoms with E-state index in [0.29, 0.717) is 12.2 Å². The SMILES string of the molecule is NC(N)=C(CCc1ccccn1)Cc1ccccn1. The van der Waals surface area contributed by atoms with Crippen molar-refractivity contribution < 1.29 is 0 Å². The first-order chi connectivity index (χ1) is 9.25.